The van der Waals surface area contributed by atoms with Crippen LogP contribution in [-0.4, -0.2) is 44.1 Å². The summed E-state index contributed by atoms with van der Waals surface area (Å²) in [4.78, 5) is 38.4. The predicted molar refractivity (Wildman–Crippen MR) is 185 cm³/mol. The number of amides is 1. The molecule has 246 valence electrons. The van der Waals surface area contributed by atoms with E-state index in [4.69, 9.17) is 4.42 Å². The number of rotatable bonds is 13. The zero-order chi connectivity index (χ0) is 33.6. The van der Waals surface area contributed by atoms with Gasteiger partial charge < -0.3 is 30.0 Å². The number of aromatic nitrogens is 2. The third kappa shape index (κ3) is 7.33. The minimum atomic E-state index is -1.12. The molecule has 0 aliphatic carbocycles. The molecule has 0 saturated carbocycles. The second-order valence-electron chi connectivity index (χ2n) is 11.7. The summed E-state index contributed by atoms with van der Waals surface area (Å²) in [7, 11) is 0. The summed E-state index contributed by atoms with van der Waals surface area (Å²) in [6.45, 7) is 1.32. The highest BCUT2D eigenvalue weighted by Gasteiger charge is 2.15. The van der Waals surface area contributed by atoms with Crippen LogP contribution in [0, 0.1) is 0 Å². The molecule has 6 N–H and O–H groups in total. The summed E-state index contributed by atoms with van der Waals surface area (Å²) in [5.74, 6) is -0.468. The van der Waals surface area contributed by atoms with Gasteiger partial charge in [-0.05, 0) is 84.8 Å². The van der Waals surface area contributed by atoms with E-state index in [-0.39, 0.29) is 17.9 Å². The summed E-state index contributed by atoms with van der Waals surface area (Å²) in [5.41, 5.74) is 6.05. The molecule has 6 aromatic rings. The number of anilines is 1. The van der Waals surface area contributed by atoms with Gasteiger partial charge in [0.15, 0.2) is 5.58 Å². The molecule has 1 amide bonds. The highest BCUT2D eigenvalue weighted by Crippen LogP contribution is 2.30. The van der Waals surface area contributed by atoms with Crippen molar-refractivity contribution in [2.24, 2.45) is 0 Å². The van der Waals surface area contributed by atoms with Crippen LogP contribution >= 0.6 is 0 Å². The number of H-pyrrole nitrogens is 1. The van der Waals surface area contributed by atoms with Crippen molar-refractivity contribution in [3.8, 4) is 16.9 Å². The molecule has 48 heavy (non-hydrogen) atoms. The highest BCUT2D eigenvalue weighted by molar-refractivity contribution is 5.91. The van der Waals surface area contributed by atoms with E-state index in [9.17, 15) is 29.7 Å². The van der Waals surface area contributed by atoms with E-state index in [0.29, 0.717) is 47.2 Å². The van der Waals surface area contributed by atoms with Gasteiger partial charge in [0.05, 0.1) is 22.8 Å². The topological polar surface area (TPSA) is 170 Å². The highest BCUT2D eigenvalue weighted by atomic mass is 16.4. The molecule has 0 fully saturated rings. The maximum absolute atomic E-state index is 12.7. The van der Waals surface area contributed by atoms with Gasteiger partial charge in [0.2, 0.25) is 5.56 Å². The van der Waals surface area contributed by atoms with E-state index in [2.05, 4.69) is 15.6 Å². The number of carboxylic acid groups (broad SMARTS) is 1. The monoisotopic (exact) mass is 648 g/mol. The van der Waals surface area contributed by atoms with Crippen LogP contribution in [0.3, 0.4) is 0 Å². The van der Waals surface area contributed by atoms with Crippen LogP contribution < -0.4 is 21.9 Å². The van der Waals surface area contributed by atoms with Gasteiger partial charge in [0.25, 0.3) is 0 Å². The maximum Gasteiger partial charge on any atom is 0.419 e. The van der Waals surface area contributed by atoms with Crippen molar-refractivity contribution >= 4 is 33.8 Å². The lowest BCUT2D eigenvalue weighted by atomic mass is 9.99. The molecule has 6 rings (SSSR count). The SMILES string of the molecule is O=C(O)Nc1cc(CCCCn2c(=O)oc3cc(CCNC[C@@H](O)c4ccc(O)c5[nH]c(=O)ccc45)ccc32)ccc1-c1ccccc1. The van der Waals surface area contributed by atoms with Crippen LogP contribution in [0.15, 0.2) is 105 Å². The van der Waals surface area contributed by atoms with E-state index in [0.717, 1.165) is 47.0 Å². The number of fused-ring (bicyclic) bond motifs is 2. The van der Waals surface area contributed by atoms with Crippen molar-refractivity contribution in [1.82, 2.24) is 14.9 Å². The van der Waals surface area contributed by atoms with Crippen molar-refractivity contribution in [3.63, 3.8) is 0 Å². The minimum Gasteiger partial charge on any atom is -0.506 e. The number of aromatic amines is 1. The summed E-state index contributed by atoms with van der Waals surface area (Å²) < 4.78 is 7.20. The summed E-state index contributed by atoms with van der Waals surface area (Å²) in [6, 6.07) is 27.2. The number of nitrogens with zero attached hydrogens (tertiary/aromatic N) is 1. The number of carbonyl (C=O) groups is 1. The number of hydrogen-bond donors (Lipinski definition) is 6. The van der Waals surface area contributed by atoms with Crippen molar-refractivity contribution in [1.29, 1.82) is 0 Å². The first-order valence-electron chi connectivity index (χ1n) is 15.8. The third-order valence-corrected chi connectivity index (χ3v) is 8.43. The largest absolute Gasteiger partial charge is 0.506 e. The van der Waals surface area contributed by atoms with Gasteiger partial charge in [-0.3, -0.25) is 14.7 Å². The molecular weight excluding hydrogens is 612 g/mol. The van der Waals surface area contributed by atoms with Gasteiger partial charge in [-0.1, -0.05) is 54.6 Å². The van der Waals surface area contributed by atoms with Gasteiger partial charge in [-0.25, -0.2) is 9.59 Å². The lowest BCUT2D eigenvalue weighted by Crippen LogP contribution is -2.24. The molecular formula is C37H36N4O7. The Kier molecular flexibility index (Phi) is 9.70. The number of aryl methyl sites for hydroxylation is 2. The summed E-state index contributed by atoms with van der Waals surface area (Å²) in [6.07, 6.45) is 0.922. The Balaban J connectivity index is 1.02. The Morgan fingerprint density at radius 1 is 0.896 bits per heavy atom. The fourth-order valence-corrected chi connectivity index (χ4v) is 6.04. The fourth-order valence-electron chi connectivity index (χ4n) is 6.04. The Bertz CT molecular complexity index is 2190. The van der Waals surface area contributed by atoms with E-state index in [1.807, 2.05) is 66.7 Å². The van der Waals surface area contributed by atoms with Crippen LogP contribution in [-0.2, 0) is 19.4 Å². The predicted octanol–water partition coefficient (Wildman–Crippen LogP) is 5.79. The molecule has 11 nitrogen and oxygen atoms in total. The second-order valence-corrected chi connectivity index (χ2v) is 11.7. The molecule has 0 aliphatic heterocycles. The quantitative estimate of drug-likeness (QED) is 0.0856. The van der Waals surface area contributed by atoms with Crippen LogP contribution in [0.5, 0.6) is 5.75 Å². The van der Waals surface area contributed by atoms with E-state index in [1.165, 1.54) is 12.1 Å². The molecule has 0 spiro atoms. The molecule has 1 atom stereocenters. The molecule has 0 unspecified atom stereocenters. The van der Waals surface area contributed by atoms with E-state index >= 15 is 0 Å². The van der Waals surface area contributed by atoms with Gasteiger partial charge >= 0.3 is 11.8 Å². The van der Waals surface area contributed by atoms with Crippen molar-refractivity contribution in [2.45, 2.75) is 38.3 Å². The standard InChI is InChI=1S/C37H36N4O7/c42-31-15-12-27(28-13-16-34(44)40-35(28)31)32(43)22-38-18-17-24-10-14-30-33(21-24)48-37(47)41(30)19-5-4-6-23-9-11-26(25-7-2-1-3-8-25)29(20-23)39-36(45)46/h1-3,7-16,20-21,32,38-39,42-43H,4-6,17-19,22H2,(H,40,44)(H,45,46)/t32-/m1/s1. The molecule has 2 aromatic heterocycles. The Labute approximate surface area is 275 Å². The Morgan fingerprint density at radius 2 is 1.69 bits per heavy atom. The maximum atomic E-state index is 12.7. The van der Waals surface area contributed by atoms with Gasteiger partial charge in [0.1, 0.15) is 5.75 Å². The van der Waals surface area contributed by atoms with Crippen LogP contribution in [0.2, 0.25) is 0 Å². The van der Waals surface area contributed by atoms with E-state index in [1.54, 1.807) is 16.7 Å². The van der Waals surface area contributed by atoms with Crippen LogP contribution in [0.1, 0.15) is 35.6 Å². The number of phenols is 1. The van der Waals surface area contributed by atoms with Crippen molar-refractivity contribution in [2.75, 3.05) is 18.4 Å². The molecule has 0 aliphatic rings. The van der Waals surface area contributed by atoms with Gasteiger partial charge in [-0.15, -0.1) is 0 Å². The number of unbranched alkanes of at least 4 members (excludes halogenated alkanes) is 1. The van der Waals surface area contributed by atoms with E-state index < -0.39 is 18.0 Å². The van der Waals surface area contributed by atoms with Gasteiger partial charge in [-0.2, -0.15) is 0 Å². The normalized spacial score (nSPS) is 12.0. The number of benzene rings is 4. The number of phenolic OH excluding ortho intramolecular Hbond substituents is 1. The van der Waals surface area contributed by atoms with Crippen molar-refractivity contribution in [3.05, 3.63) is 129 Å². The van der Waals surface area contributed by atoms with Crippen LogP contribution in [0.25, 0.3) is 33.1 Å². The Morgan fingerprint density at radius 3 is 2.50 bits per heavy atom. The van der Waals surface area contributed by atoms with Gasteiger partial charge in [0, 0.05) is 30.1 Å². The summed E-state index contributed by atoms with van der Waals surface area (Å²) >= 11 is 0. The lowest BCUT2D eigenvalue weighted by Gasteiger charge is -2.15. The zero-order valence-corrected chi connectivity index (χ0v) is 26.1. The summed E-state index contributed by atoms with van der Waals surface area (Å²) in [5, 5.41) is 36.6. The number of oxazole rings is 1. The number of nitrogens with one attached hydrogen (secondary N) is 3. The average molecular weight is 649 g/mol. The number of pyridine rings is 1. The van der Waals surface area contributed by atoms with Crippen LogP contribution in [0.4, 0.5) is 10.5 Å². The minimum absolute atomic E-state index is 0.0571. The fraction of sp³-hybridized carbons (Fsp3) is 0.216. The molecule has 11 heteroatoms. The number of aliphatic hydroxyl groups is 1. The zero-order valence-electron chi connectivity index (χ0n) is 26.1. The first kappa shape index (κ1) is 32.3. The molecule has 0 saturated heterocycles. The molecule has 0 radical (unpaired) electrons. The average Bonchev–Trinajstić information content (AvgIpc) is 3.39. The first-order chi connectivity index (χ1) is 23.3. The second kappa shape index (κ2) is 14.4. The lowest BCUT2D eigenvalue weighted by molar-refractivity contribution is 0.176. The number of aromatic hydroxyl groups is 1. The molecule has 4 aromatic carbocycles. The Hall–Kier alpha value is -5.65. The smallest absolute Gasteiger partial charge is 0.419 e. The molecule has 2 heterocycles. The first-order valence-corrected chi connectivity index (χ1v) is 15.8. The van der Waals surface area contributed by atoms with Crippen molar-refractivity contribution < 1.29 is 24.5 Å². The molecule has 0 bridgehead atoms. The number of hydrogen-bond acceptors (Lipinski definition) is 7. The number of aliphatic hydroxyl groups excluding tert-OH is 1. The third-order valence-electron chi connectivity index (χ3n) is 8.43.